The Balaban J connectivity index is 2.02. The van der Waals surface area contributed by atoms with Crippen LogP contribution in [0.1, 0.15) is 11.1 Å². The van der Waals surface area contributed by atoms with Gasteiger partial charge in [-0.15, -0.1) is 0 Å². The van der Waals surface area contributed by atoms with Crippen LogP contribution in [-0.4, -0.2) is 20.2 Å². The number of nitrogens with one attached hydrogen (secondary N) is 1. The lowest BCUT2D eigenvalue weighted by molar-refractivity contribution is 0.414. The number of halogens is 1. The van der Waals surface area contributed by atoms with E-state index in [1.807, 2.05) is 19.2 Å². The molecular formula is C17H20BrNO. The molecule has 0 saturated heterocycles. The number of benzene rings is 2. The van der Waals surface area contributed by atoms with E-state index in [1.165, 1.54) is 11.1 Å². The summed E-state index contributed by atoms with van der Waals surface area (Å²) in [5.41, 5.74) is 2.64. The zero-order valence-corrected chi connectivity index (χ0v) is 13.5. The zero-order valence-electron chi connectivity index (χ0n) is 11.9. The fourth-order valence-corrected chi connectivity index (χ4v) is 2.53. The Morgan fingerprint density at radius 1 is 1.05 bits per heavy atom. The normalized spacial score (nSPS) is 12.2. The SMILES string of the molecule is CNC(Cc1ccc(Br)cc1)Cc1cccc(OC)c1. The summed E-state index contributed by atoms with van der Waals surface area (Å²) in [6.45, 7) is 0. The van der Waals surface area contributed by atoms with Crippen LogP contribution in [0.15, 0.2) is 53.0 Å². The molecule has 2 aromatic rings. The van der Waals surface area contributed by atoms with Crippen molar-refractivity contribution in [2.75, 3.05) is 14.2 Å². The van der Waals surface area contributed by atoms with Gasteiger partial charge in [0, 0.05) is 10.5 Å². The Kier molecular flexibility index (Phi) is 5.62. The Hall–Kier alpha value is -1.32. The molecule has 0 aliphatic carbocycles. The number of likely N-dealkylation sites (N-methyl/N-ethyl adjacent to an activating group) is 1. The Morgan fingerprint density at radius 2 is 1.75 bits per heavy atom. The average Bonchev–Trinajstić information content (AvgIpc) is 2.49. The fraction of sp³-hybridized carbons (Fsp3) is 0.294. The van der Waals surface area contributed by atoms with Crippen LogP contribution in [0.2, 0.25) is 0 Å². The molecule has 1 N–H and O–H groups in total. The van der Waals surface area contributed by atoms with Crippen molar-refractivity contribution in [2.24, 2.45) is 0 Å². The first-order chi connectivity index (χ1) is 9.71. The van der Waals surface area contributed by atoms with Gasteiger partial charge in [0.25, 0.3) is 0 Å². The summed E-state index contributed by atoms with van der Waals surface area (Å²) in [5, 5.41) is 3.40. The highest BCUT2D eigenvalue weighted by Gasteiger charge is 2.09. The topological polar surface area (TPSA) is 21.3 Å². The lowest BCUT2D eigenvalue weighted by Gasteiger charge is -2.17. The molecule has 0 amide bonds. The Labute approximate surface area is 129 Å². The van der Waals surface area contributed by atoms with E-state index in [4.69, 9.17) is 4.74 Å². The van der Waals surface area contributed by atoms with Crippen molar-refractivity contribution >= 4 is 15.9 Å². The van der Waals surface area contributed by atoms with E-state index in [1.54, 1.807) is 7.11 Å². The summed E-state index contributed by atoms with van der Waals surface area (Å²) in [5.74, 6) is 0.918. The minimum absolute atomic E-state index is 0.420. The van der Waals surface area contributed by atoms with Crippen molar-refractivity contribution < 1.29 is 4.74 Å². The second-order valence-corrected chi connectivity index (χ2v) is 5.79. The van der Waals surface area contributed by atoms with Gasteiger partial charge in [0.1, 0.15) is 5.75 Å². The second-order valence-electron chi connectivity index (χ2n) is 4.87. The minimum atomic E-state index is 0.420. The van der Waals surface area contributed by atoms with Crippen molar-refractivity contribution in [3.8, 4) is 5.75 Å². The molecule has 0 aromatic heterocycles. The van der Waals surface area contributed by atoms with Crippen LogP contribution < -0.4 is 10.1 Å². The lowest BCUT2D eigenvalue weighted by Crippen LogP contribution is -2.29. The maximum atomic E-state index is 5.28. The third-order valence-electron chi connectivity index (χ3n) is 3.42. The number of hydrogen-bond donors (Lipinski definition) is 1. The highest BCUT2D eigenvalue weighted by Crippen LogP contribution is 2.16. The van der Waals surface area contributed by atoms with Gasteiger partial charge in [0.2, 0.25) is 0 Å². The quantitative estimate of drug-likeness (QED) is 0.867. The van der Waals surface area contributed by atoms with Crippen molar-refractivity contribution in [3.05, 3.63) is 64.1 Å². The summed E-state index contributed by atoms with van der Waals surface area (Å²) < 4.78 is 6.40. The van der Waals surface area contributed by atoms with Gasteiger partial charge in [-0.1, -0.05) is 40.2 Å². The molecule has 0 saturated carbocycles. The van der Waals surface area contributed by atoms with Crippen LogP contribution in [0.5, 0.6) is 5.75 Å². The number of rotatable bonds is 6. The van der Waals surface area contributed by atoms with Crippen LogP contribution in [0.3, 0.4) is 0 Å². The van der Waals surface area contributed by atoms with E-state index in [9.17, 15) is 0 Å². The smallest absolute Gasteiger partial charge is 0.119 e. The van der Waals surface area contributed by atoms with Gasteiger partial charge in [-0.2, -0.15) is 0 Å². The van der Waals surface area contributed by atoms with E-state index < -0.39 is 0 Å². The largest absolute Gasteiger partial charge is 0.497 e. The van der Waals surface area contributed by atoms with E-state index in [-0.39, 0.29) is 0 Å². The Bertz CT molecular complexity index is 539. The summed E-state index contributed by atoms with van der Waals surface area (Å²) in [4.78, 5) is 0. The molecule has 0 aliphatic rings. The summed E-state index contributed by atoms with van der Waals surface area (Å²) in [6, 6.07) is 17.2. The molecule has 0 radical (unpaired) electrons. The van der Waals surface area contributed by atoms with Crippen LogP contribution in [0.4, 0.5) is 0 Å². The molecule has 0 spiro atoms. The van der Waals surface area contributed by atoms with Gasteiger partial charge in [-0.05, 0) is 55.3 Å². The molecule has 2 aromatic carbocycles. The Morgan fingerprint density at radius 3 is 2.40 bits per heavy atom. The van der Waals surface area contributed by atoms with Gasteiger partial charge < -0.3 is 10.1 Å². The molecule has 106 valence electrons. The van der Waals surface area contributed by atoms with Crippen LogP contribution in [0, 0.1) is 0 Å². The van der Waals surface area contributed by atoms with E-state index in [0.29, 0.717) is 6.04 Å². The number of methoxy groups -OCH3 is 1. The molecule has 0 aliphatic heterocycles. The maximum absolute atomic E-state index is 5.28. The first-order valence-corrected chi connectivity index (χ1v) is 7.55. The standard InChI is InChI=1S/C17H20BrNO/c1-19-16(10-13-6-8-15(18)9-7-13)11-14-4-3-5-17(12-14)20-2/h3-9,12,16,19H,10-11H2,1-2H3. The van der Waals surface area contributed by atoms with Gasteiger partial charge in [0.05, 0.1) is 7.11 Å². The number of ether oxygens (including phenoxy) is 1. The van der Waals surface area contributed by atoms with Crippen LogP contribution >= 0.6 is 15.9 Å². The predicted molar refractivity (Wildman–Crippen MR) is 87.4 cm³/mol. The molecule has 0 heterocycles. The lowest BCUT2D eigenvalue weighted by atomic mass is 9.99. The molecule has 2 rings (SSSR count). The van der Waals surface area contributed by atoms with E-state index in [2.05, 4.69) is 57.6 Å². The predicted octanol–water partition coefficient (Wildman–Crippen LogP) is 3.83. The van der Waals surface area contributed by atoms with Gasteiger partial charge in [-0.25, -0.2) is 0 Å². The minimum Gasteiger partial charge on any atom is -0.497 e. The van der Waals surface area contributed by atoms with Crippen LogP contribution in [-0.2, 0) is 12.8 Å². The molecule has 0 bridgehead atoms. The average molecular weight is 334 g/mol. The highest BCUT2D eigenvalue weighted by atomic mass is 79.9. The third-order valence-corrected chi connectivity index (χ3v) is 3.95. The zero-order chi connectivity index (χ0) is 14.4. The van der Waals surface area contributed by atoms with Crippen molar-refractivity contribution in [1.29, 1.82) is 0 Å². The second kappa shape index (κ2) is 7.46. The van der Waals surface area contributed by atoms with Crippen LogP contribution in [0.25, 0.3) is 0 Å². The van der Waals surface area contributed by atoms with Gasteiger partial charge in [0.15, 0.2) is 0 Å². The summed E-state index contributed by atoms with van der Waals surface area (Å²) in [6.07, 6.45) is 2.00. The summed E-state index contributed by atoms with van der Waals surface area (Å²) >= 11 is 3.47. The number of hydrogen-bond acceptors (Lipinski definition) is 2. The third kappa shape index (κ3) is 4.36. The van der Waals surface area contributed by atoms with Crippen molar-refractivity contribution in [1.82, 2.24) is 5.32 Å². The molecule has 2 nitrogen and oxygen atoms in total. The van der Waals surface area contributed by atoms with Crippen molar-refractivity contribution in [3.63, 3.8) is 0 Å². The molecule has 20 heavy (non-hydrogen) atoms. The first-order valence-electron chi connectivity index (χ1n) is 6.76. The van der Waals surface area contributed by atoms with Gasteiger partial charge >= 0.3 is 0 Å². The maximum Gasteiger partial charge on any atom is 0.119 e. The molecular weight excluding hydrogens is 314 g/mol. The van der Waals surface area contributed by atoms with Crippen molar-refractivity contribution in [2.45, 2.75) is 18.9 Å². The van der Waals surface area contributed by atoms with Gasteiger partial charge in [-0.3, -0.25) is 0 Å². The van der Waals surface area contributed by atoms with E-state index >= 15 is 0 Å². The molecule has 0 fully saturated rings. The summed E-state index contributed by atoms with van der Waals surface area (Å²) in [7, 11) is 3.72. The van der Waals surface area contributed by atoms with E-state index in [0.717, 1.165) is 23.1 Å². The first kappa shape index (κ1) is 15.1. The molecule has 3 heteroatoms. The fourth-order valence-electron chi connectivity index (χ4n) is 2.27. The monoisotopic (exact) mass is 333 g/mol. The molecule has 1 unspecified atom stereocenters. The molecule has 1 atom stereocenters. The highest BCUT2D eigenvalue weighted by molar-refractivity contribution is 9.10.